The fourth-order valence-corrected chi connectivity index (χ4v) is 1.93. The van der Waals surface area contributed by atoms with Crippen molar-refractivity contribution in [1.82, 2.24) is 9.97 Å². The summed E-state index contributed by atoms with van der Waals surface area (Å²) in [5, 5.41) is 6.34. The van der Waals surface area contributed by atoms with Crippen LogP contribution in [0.3, 0.4) is 0 Å². The van der Waals surface area contributed by atoms with Gasteiger partial charge in [0.2, 0.25) is 5.95 Å². The molecular formula is C14H16BrFN4. The molecule has 0 radical (unpaired) electrons. The summed E-state index contributed by atoms with van der Waals surface area (Å²) in [7, 11) is 0. The first-order chi connectivity index (χ1) is 9.69. The quantitative estimate of drug-likeness (QED) is 0.840. The Hall–Kier alpha value is -1.69. The van der Waals surface area contributed by atoms with Crippen molar-refractivity contribution in [3.8, 4) is 0 Å². The predicted molar refractivity (Wildman–Crippen MR) is 82.2 cm³/mol. The van der Waals surface area contributed by atoms with Crippen molar-refractivity contribution < 1.29 is 4.39 Å². The minimum atomic E-state index is -0.233. The standard InChI is InChI=1S/C14H16BrFN4/c1-2-7-17-14-19-9-12(15)13(20-14)18-8-10-3-5-11(16)6-4-10/h3-6,9H,2,7-8H2,1H3,(H2,17,18,19,20). The number of rotatable bonds is 6. The normalized spacial score (nSPS) is 10.3. The Labute approximate surface area is 126 Å². The SMILES string of the molecule is CCCNc1ncc(Br)c(NCc2ccc(F)cc2)n1. The second kappa shape index (κ2) is 7.19. The molecular weight excluding hydrogens is 323 g/mol. The summed E-state index contributed by atoms with van der Waals surface area (Å²) < 4.78 is 13.6. The third-order valence-electron chi connectivity index (χ3n) is 2.65. The molecule has 0 atom stereocenters. The molecule has 1 aromatic carbocycles. The molecule has 106 valence electrons. The Bertz CT molecular complexity index is 560. The van der Waals surface area contributed by atoms with Gasteiger partial charge in [-0.1, -0.05) is 19.1 Å². The topological polar surface area (TPSA) is 49.8 Å². The smallest absolute Gasteiger partial charge is 0.224 e. The van der Waals surface area contributed by atoms with Gasteiger partial charge in [-0.3, -0.25) is 0 Å². The van der Waals surface area contributed by atoms with Crippen LogP contribution in [-0.4, -0.2) is 16.5 Å². The lowest BCUT2D eigenvalue weighted by Crippen LogP contribution is -2.08. The molecule has 0 aliphatic heterocycles. The highest BCUT2D eigenvalue weighted by atomic mass is 79.9. The first kappa shape index (κ1) is 14.7. The largest absolute Gasteiger partial charge is 0.365 e. The van der Waals surface area contributed by atoms with Gasteiger partial charge in [-0.15, -0.1) is 0 Å². The zero-order valence-electron chi connectivity index (χ0n) is 11.2. The average molecular weight is 339 g/mol. The average Bonchev–Trinajstić information content (AvgIpc) is 2.46. The summed E-state index contributed by atoms with van der Waals surface area (Å²) in [4.78, 5) is 8.57. The van der Waals surface area contributed by atoms with E-state index >= 15 is 0 Å². The van der Waals surface area contributed by atoms with Crippen LogP contribution in [0.2, 0.25) is 0 Å². The van der Waals surface area contributed by atoms with E-state index in [2.05, 4.69) is 43.5 Å². The van der Waals surface area contributed by atoms with Gasteiger partial charge in [0.25, 0.3) is 0 Å². The Balaban J connectivity index is 2.02. The molecule has 2 rings (SSSR count). The van der Waals surface area contributed by atoms with E-state index in [-0.39, 0.29) is 5.82 Å². The van der Waals surface area contributed by atoms with Gasteiger partial charge in [0.15, 0.2) is 0 Å². The molecule has 6 heteroatoms. The first-order valence-electron chi connectivity index (χ1n) is 6.43. The summed E-state index contributed by atoms with van der Waals surface area (Å²) in [6.07, 6.45) is 2.72. The van der Waals surface area contributed by atoms with Crippen LogP contribution in [-0.2, 0) is 6.54 Å². The summed E-state index contributed by atoms with van der Waals surface area (Å²) in [5.41, 5.74) is 0.986. The summed E-state index contributed by atoms with van der Waals surface area (Å²) in [5.74, 6) is 1.07. The summed E-state index contributed by atoms with van der Waals surface area (Å²) >= 11 is 3.41. The van der Waals surface area contributed by atoms with Gasteiger partial charge in [0.1, 0.15) is 11.6 Å². The Morgan fingerprint density at radius 2 is 1.95 bits per heavy atom. The van der Waals surface area contributed by atoms with Crippen LogP contribution < -0.4 is 10.6 Å². The van der Waals surface area contributed by atoms with E-state index in [4.69, 9.17) is 0 Å². The molecule has 1 heterocycles. The molecule has 4 nitrogen and oxygen atoms in total. The minimum Gasteiger partial charge on any atom is -0.365 e. The lowest BCUT2D eigenvalue weighted by atomic mass is 10.2. The number of aromatic nitrogens is 2. The van der Waals surface area contributed by atoms with E-state index in [9.17, 15) is 4.39 Å². The van der Waals surface area contributed by atoms with E-state index in [1.165, 1.54) is 12.1 Å². The van der Waals surface area contributed by atoms with E-state index in [1.807, 2.05) is 0 Å². The molecule has 0 aliphatic carbocycles. The van der Waals surface area contributed by atoms with Gasteiger partial charge in [-0.05, 0) is 40.0 Å². The number of hydrogen-bond donors (Lipinski definition) is 2. The van der Waals surface area contributed by atoms with Crippen LogP contribution in [0.15, 0.2) is 34.9 Å². The van der Waals surface area contributed by atoms with Crippen molar-refractivity contribution in [2.75, 3.05) is 17.2 Å². The molecule has 2 N–H and O–H groups in total. The van der Waals surface area contributed by atoms with Gasteiger partial charge >= 0.3 is 0 Å². The van der Waals surface area contributed by atoms with Gasteiger partial charge < -0.3 is 10.6 Å². The second-order valence-corrected chi connectivity index (χ2v) is 5.15. The van der Waals surface area contributed by atoms with Gasteiger partial charge in [0.05, 0.1) is 4.47 Å². The minimum absolute atomic E-state index is 0.233. The monoisotopic (exact) mass is 338 g/mol. The Morgan fingerprint density at radius 1 is 1.20 bits per heavy atom. The van der Waals surface area contributed by atoms with Gasteiger partial charge in [0, 0.05) is 19.3 Å². The highest BCUT2D eigenvalue weighted by molar-refractivity contribution is 9.10. The van der Waals surface area contributed by atoms with Crippen molar-refractivity contribution in [2.24, 2.45) is 0 Å². The lowest BCUT2D eigenvalue weighted by Gasteiger charge is -2.10. The van der Waals surface area contributed by atoms with E-state index in [0.29, 0.717) is 18.3 Å². The maximum absolute atomic E-state index is 12.8. The molecule has 0 saturated carbocycles. The highest BCUT2D eigenvalue weighted by Crippen LogP contribution is 2.20. The maximum Gasteiger partial charge on any atom is 0.224 e. The van der Waals surface area contributed by atoms with Crippen LogP contribution in [0.4, 0.5) is 16.2 Å². The van der Waals surface area contributed by atoms with Crippen molar-refractivity contribution >= 4 is 27.7 Å². The van der Waals surface area contributed by atoms with E-state index < -0.39 is 0 Å². The zero-order chi connectivity index (χ0) is 14.4. The fourth-order valence-electron chi connectivity index (χ4n) is 1.60. The number of halogens is 2. The molecule has 0 unspecified atom stereocenters. The molecule has 0 saturated heterocycles. The number of nitrogens with one attached hydrogen (secondary N) is 2. The van der Waals surface area contributed by atoms with E-state index in [1.54, 1.807) is 18.3 Å². The Kier molecular flexibility index (Phi) is 5.29. The van der Waals surface area contributed by atoms with Crippen molar-refractivity contribution in [3.05, 3.63) is 46.3 Å². The molecule has 0 amide bonds. The van der Waals surface area contributed by atoms with Crippen molar-refractivity contribution in [2.45, 2.75) is 19.9 Å². The third-order valence-corrected chi connectivity index (χ3v) is 3.23. The van der Waals surface area contributed by atoms with Crippen LogP contribution >= 0.6 is 15.9 Å². The van der Waals surface area contributed by atoms with Crippen LogP contribution in [0.5, 0.6) is 0 Å². The molecule has 20 heavy (non-hydrogen) atoms. The van der Waals surface area contributed by atoms with Crippen LogP contribution in [0.1, 0.15) is 18.9 Å². The third kappa shape index (κ3) is 4.16. The molecule has 0 bridgehead atoms. The predicted octanol–water partition coefficient (Wildman–Crippen LogP) is 3.81. The molecule has 2 aromatic rings. The van der Waals surface area contributed by atoms with Crippen molar-refractivity contribution in [3.63, 3.8) is 0 Å². The first-order valence-corrected chi connectivity index (χ1v) is 7.23. The van der Waals surface area contributed by atoms with Gasteiger partial charge in [-0.25, -0.2) is 9.37 Å². The zero-order valence-corrected chi connectivity index (χ0v) is 12.7. The summed E-state index contributed by atoms with van der Waals surface area (Å²) in [6.45, 7) is 3.49. The van der Waals surface area contributed by atoms with Crippen LogP contribution in [0.25, 0.3) is 0 Å². The number of benzene rings is 1. The number of nitrogens with zero attached hydrogens (tertiary/aromatic N) is 2. The number of hydrogen-bond acceptors (Lipinski definition) is 4. The molecule has 1 aromatic heterocycles. The molecule has 0 fully saturated rings. The fraction of sp³-hybridized carbons (Fsp3) is 0.286. The molecule has 0 spiro atoms. The maximum atomic E-state index is 12.8. The lowest BCUT2D eigenvalue weighted by molar-refractivity contribution is 0.627. The van der Waals surface area contributed by atoms with Crippen LogP contribution in [0, 0.1) is 5.82 Å². The Morgan fingerprint density at radius 3 is 2.65 bits per heavy atom. The molecule has 0 aliphatic rings. The summed E-state index contributed by atoms with van der Waals surface area (Å²) in [6, 6.07) is 6.38. The van der Waals surface area contributed by atoms with E-state index in [0.717, 1.165) is 23.0 Å². The number of anilines is 2. The van der Waals surface area contributed by atoms with Gasteiger partial charge in [-0.2, -0.15) is 4.98 Å². The highest BCUT2D eigenvalue weighted by Gasteiger charge is 2.04. The second-order valence-electron chi connectivity index (χ2n) is 4.30. The van der Waals surface area contributed by atoms with Crippen molar-refractivity contribution in [1.29, 1.82) is 0 Å².